The molecular formula is C11H25Cl2N. The Morgan fingerprint density at radius 3 is 2.21 bits per heavy atom. The number of unbranched alkanes of at least 4 members (excludes halogenated alkanes) is 3. The molecule has 0 saturated heterocycles. The van der Waals surface area contributed by atoms with Crippen LogP contribution in [0.5, 0.6) is 0 Å². The Morgan fingerprint density at radius 2 is 1.71 bits per heavy atom. The molecule has 0 aromatic heterocycles. The molecule has 0 aromatic rings. The third-order valence-electron chi connectivity index (χ3n) is 2.26. The van der Waals surface area contributed by atoms with E-state index >= 15 is 0 Å². The maximum Gasteiger partial charge on any atom is 0.0348 e. The van der Waals surface area contributed by atoms with Crippen molar-refractivity contribution in [1.82, 2.24) is 4.90 Å². The van der Waals surface area contributed by atoms with Crippen LogP contribution in [-0.2, 0) is 0 Å². The van der Waals surface area contributed by atoms with Gasteiger partial charge in [0.15, 0.2) is 0 Å². The normalized spacial score (nSPS) is 12.6. The maximum absolute atomic E-state index is 6.18. The van der Waals surface area contributed by atoms with Gasteiger partial charge >= 0.3 is 0 Å². The van der Waals surface area contributed by atoms with Crippen LogP contribution in [0.1, 0.15) is 45.4 Å². The average Bonchev–Trinajstić information content (AvgIpc) is 2.09. The van der Waals surface area contributed by atoms with Gasteiger partial charge in [0.25, 0.3) is 0 Å². The zero-order valence-corrected chi connectivity index (χ0v) is 11.3. The third-order valence-corrected chi connectivity index (χ3v) is 2.70. The first-order valence-electron chi connectivity index (χ1n) is 5.45. The van der Waals surface area contributed by atoms with Crippen LogP contribution in [0.15, 0.2) is 0 Å². The summed E-state index contributed by atoms with van der Waals surface area (Å²) in [5, 5.41) is 0.388. The lowest BCUT2D eigenvalue weighted by Gasteiger charge is -2.13. The maximum atomic E-state index is 6.18. The second-order valence-corrected chi connectivity index (χ2v) is 4.66. The van der Waals surface area contributed by atoms with Crippen molar-refractivity contribution >= 4 is 24.0 Å². The van der Waals surface area contributed by atoms with Crippen molar-refractivity contribution in [3.8, 4) is 0 Å². The number of halogens is 2. The zero-order chi connectivity index (χ0) is 10.1. The van der Waals surface area contributed by atoms with Crippen molar-refractivity contribution in [3.63, 3.8) is 0 Å². The molecule has 0 aliphatic heterocycles. The largest absolute Gasteiger partial charge is 0.309 e. The van der Waals surface area contributed by atoms with Crippen LogP contribution in [0.25, 0.3) is 0 Å². The Bertz CT molecular complexity index is 107. The lowest BCUT2D eigenvalue weighted by molar-refractivity contribution is 0.391. The highest BCUT2D eigenvalue weighted by Gasteiger charge is 2.04. The van der Waals surface area contributed by atoms with Crippen molar-refractivity contribution in [2.45, 2.75) is 50.8 Å². The van der Waals surface area contributed by atoms with Gasteiger partial charge < -0.3 is 4.90 Å². The van der Waals surface area contributed by atoms with Crippen LogP contribution in [0.2, 0.25) is 0 Å². The van der Waals surface area contributed by atoms with E-state index in [1.54, 1.807) is 0 Å². The van der Waals surface area contributed by atoms with Crippen LogP contribution in [-0.4, -0.2) is 30.9 Å². The number of nitrogens with zero attached hydrogens (tertiary/aromatic N) is 1. The van der Waals surface area contributed by atoms with Gasteiger partial charge in [0, 0.05) is 5.38 Å². The molecule has 0 aliphatic rings. The van der Waals surface area contributed by atoms with Gasteiger partial charge in [-0.1, -0.05) is 32.6 Å². The first-order chi connectivity index (χ1) is 6.16. The Kier molecular flexibility index (Phi) is 14.1. The average molecular weight is 242 g/mol. The van der Waals surface area contributed by atoms with E-state index in [0.29, 0.717) is 5.38 Å². The minimum absolute atomic E-state index is 0. The molecule has 0 N–H and O–H groups in total. The van der Waals surface area contributed by atoms with Crippen LogP contribution in [0.3, 0.4) is 0 Å². The van der Waals surface area contributed by atoms with Crippen LogP contribution < -0.4 is 0 Å². The number of hydrogen-bond acceptors (Lipinski definition) is 1. The molecule has 0 radical (unpaired) electrons. The van der Waals surface area contributed by atoms with E-state index in [-0.39, 0.29) is 12.4 Å². The summed E-state index contributed by atoms with van der Waals surface area (Å²) in [7, 11) is 4.20. The van der Waals surface area contributed by atoms with Crippen molar-refractivity contribution in [3.05, 3.63) is 0 Å². The fraction of sp³-hybridized carbons (Fsp3) is 1.00. The van der Waals surface area contributed by atoms with Crippen molar-refractivity contribution < 1.29 is 0 Å². The standard InChI is InChI=1S/C11H24ClN.ClH/c1-4-5-6-7-8-11(12)9-10-13(2)3;/h11H,4-10H2,1-3H3;1H. The summed E-state index contributed by atoms with van der Waals surface area (Å²) in [5.74, 6) is 0. The lowest BCUT2D eigenvalue weighted by Crippen LogP contribution is -2.16. The zero-order valence-electron chi connectivity index (χ0n) is 9.76. The molecule has 0 aliphatic carbocycles. The highest BCUT2D eigenvalue weighted by molar-refractivity contribution is 6.20. The monoisotopic (exact) mass is 241 g/mol. The van der Waals surface area contributed by atoms with Crippen molar-refractivity contribution in [2.24, 2.45) is 0 Å². The molecule has 0 spiro atoms. The molecule has 0 bridgehead atoms. The Balaban J connectivity index is 0. The fourth-order valence-electron chi connectivity index (χ4n) is 1.34. The fourth-order valence-corrected chi connectivity index (χ4v) is 1.59. The predicted molar refractivity (Wildman–Crippen MR) is 68.8 cm³/mol. The summed E-state index contributed by atoms with van der Waals surface area (Å²) in [6.07, 6.45) is 7.63. The second-order valence-electron chi connectivity index (χ2n) is 4.04. The number of hydrogen-bond donors (Lipinski definition) is 0. The lowest BCUT2D eigenvalue weighted by atomic mass is 10.1. The second kappa shape index (κ2) is 11.6. The summed E-state index contributed by atoms with van der Waals surface area (Å²) in [6.45, 7) is 3.35. The van der Waals surface area contributed by atoms with Gasteiger partial charge in [-0.25, -0.2) is 0 Å². The van der Waals surface area contributed by atoms with Crippen LogP contribution >= 0.6 is 24.0 Å². The SMILES string of the molecule is CCCCCCC(Cl)CCN(C)C.Cl. The first-order valence-corrected chi connectivity index (χ1v) is 5.89. The Morgan fingerprint density at radius 1 is 1.07 bits per heavy atom. The van der Waals surface area contributed by atoms with Crippen LogP contribution in [0, 0.1) is 0 Å². The van der Waals surface area contributed by atoms with E-state index in [1.807, 2.05) is 0 Å². The molecule has 0 heterocycles. The van der Waals surface area contributed by atoms with Gasteiger partial charge in [-0.3, -0.25) is 0 Å². The molecule has 1 unspecified atom stereocenters. The highest BCUT2D eigenvalue weighted by atomic mass is 35.5. The Hall–Kier alpha value is 0.540. The van der Waals surface area contributed by atoms with E-state index in [1.165, 1.54) is 32.1 Å². The first kappa shape index (κ1) is 17.0. The highest BCUT2D eigenvalue weighted by Crippen LogP contribution is 2.13. The van der Waals surface area contributed by atoms with Gasteiger partial charge in [0.1, 0.15) is 0 Å². The smallest absolute Gasteiger partial charge is 0.0348 e. The predicted octanol–water partition coefficient (Wildman–Crippen LogP) is 3.94. The van der Waals surface area contributed by atoms with E-state index in [4.69, 9.17) is 11.6 Å². The minimum Gasteiger partial charge on any atom is -0.309 e. The molecule has 88 valence electrons. The van der Waals surface area contributed by atoms with Gasteiger partial charge in [-0.15, -0.1) is 24.0 Å². The summed E-state index contributed by atoms with van der Waals surface area (Å²) in [4.78, 5) is 2.20. The van der Waals surface area contributed by atoms with Gasteiger partial charge in [-0.2, -0.15) is 0 Å². The molecule has 0 saturated carbocycles. The minimum atomic E-state index is 0. The Labute approximate surface area is 101 Å². The van der Waals surface area contributed by atoms with Crippen LogP contribution in [0.4, 0.5) is 0 Å². The molecule has 3 heteroatoms. The summed E-state index contributed by atoms with van der Waals surface area (Å²) in [5.41, 5.74) is 0. The number of rotatable bonds is 8. The summed E-state index contributed by atoms with van der Waals surface area (Å²) >= 11 is 6.18. The topological polar surface area (TPSA) is 3.24 Å². The van der Waals surface area contributed by atoms with E-state index < -0.39 is 0 Å². The molecule has 14 heavy (non-hydrogen) atoms. The molecule has 0 amide bonds. The summed E-state index contributed by atoms with van der Waals surface area (Å²) < 4.78 is 0. The van der Waals surface area contributed by atoms with E-state index in [9.17, 15) is 0 Å². The summed E-state index contributed by atoms with van der Waals surface area (Å²) in [6, 6.07) is 0. The molecule has 1 nitrogen and oxygen atoms in total. The quantitative estimate of drug-likeness (QED) is 0.460. The molecule has 0 rings (SSSR count). The van der Waals surface area contributed by atoms with Gasteiger partial charge in [0.05, 0.1) is 0 Å². The van der Waals surface area contributed by atoms with Crippen molar-refractivity contribution in [2.75, 3.05) is 20.6 Å². The molecule has 1 atom stereocenters. The van der Waals surface area contributed by atoms with E-state index in [2.05, 4.69) is 25.9 Å². The number of alkyl halides is 1. The van der Waals surface area contributed by atoms with Gasteiger partial charge in [-0.05, 0) is 33.5 Å². The van der Waals surface area contributed by atoms with E-state index in [0.717, 1.165) is 13.0 Å². The molecule has 0 aromatic carbocycles. The molecular weight excluding hydrogens is 217 g/mol. The third kappa shape index (κ3) is 12.5. The van der Waals surface area contributed by atoms with Crippen molar-refractivity contribution in [1.29, 1.82) is 0 Å². The van der Waals surface area contributed by atoms with Gasteiger partial charge in [0.2, 0.25) is 0 Å². The molecule has 0 fully saturated rings.